The van der Waals surface area contributed by atoms with Gasteiger partial charge in [0, 0.05) is 10.6 Å². The van der Waals surface area contributed by atoms with Crippen LogP contribution in [0.5, 0.6) is 11.6 Å². The first kappa shape index (κ1) is 23.1. The topological polar surface area (TPSA) is 88.6 Å². The van der Waals surface area contributed by atoms with Crippen LogP contribution < -0.4 is 14.9 Å². The third kappa shape index (κ3) is 5.63. The molecule has 7 nitrogen and oxygen atoms in total. The van der Waals surface area contributed by atoms with Crippen molar-refractivity contribution in [3.8, 4) is 34.0 Å². The zero-order chi connectivity index (χ0) is 23.9. The molecule has 0 spiro atoms. The van der Waals surface area contributed by atoms with Crippen molar-refractivity contribution in [3.05, 3.63) is 88.9 Å². The molecule has 4 aromatic rings. The predicted octanol–water partition coefficient (Wildman–Crippen LogP) is 5.24. The van der Waals surface area contributed by atoms with Gasteiger partial charge in [-0.05, 0) is 42.3 Å². The Labute approximate surface area is 202 Å². The first-order valence-electron chi connectivity index (χ1n) is 10.5. The second-order valence-corrected chi connectivity index (χ2v) is 7.95. The zero-order valence-corrected chi connectivity index (χ0v) is 19.5. The Morgan fingerprint density at radius 3 is 2.56 bits per heavy atom. The minimum Gasteiger partial charge on any atom is -0.497 e. The van der Waals surface area contributed by atoms with E-state index in [9.17, 15) is 4.79 Å². The fourth-order valence-electron chi connectivity index (χ4n) is 3.31. The number of benzene rings is 3. The molecule has 0 bridgehead atoms. The number of methoxy groups -OCH3 is 1. The zero-order valence-electron chi connectivity index (χ0n) is 18.7. The molecule has 0 fully saturated rings. The first-order valence-corrected chi connectivity index (χ1v) is 10.9. The van der Waals surface area contributed by atoms with Gasteiger partial charge >= 0.3 is 0 Å². The van der Waals surface area contributed by atoms with Gasteiger partial charge in [-0.25, -0.2) is 5.43 Å². The highest BCUT2D eigenvalue weighted by atomic mass is 35.5. The number of nitrogens with zero attached hydrogens (tertiary/aromatic N) is 2. The molecule has 0 saturated carbocycles. The van der Waals surface area contributed by atoms with Crippen LogP contribution in [0.2, 0.25) is 5.02 Å². The highest BCUT2D eigenvalue weighted by Crippen LogP contribution is 2.37. The van der Waals surface area contributed by atoms with Crippen LogP contribution in [0.15, 0.2) is 77.9 Å². The summed E-state index contributed by atoms with van der Waals surface area (Å²) in [4.78, 5) is 12.3. The fraction of sp³-hybridized carbons (Fsp3) is 0.115. The van der Waals surface area contributed by atoms with E-state index in [1.54, 1.807) is 7.11 Å². The standard InChI is InChI=1S/C26H23ClN4O3/c1-17-6-8-19(9-7-17)24-25(20-10-12-21(27)13-11-20)30-31-26(24)34-16-23(32)29-28-15-18-4-3-5-22(14-18)33-2/h3-15H,16H2,1-2H3,(H,29,32)(H,30,31)/b28-15+. The van der Waals surface area contributed by atoms with Crippen LogP contribution in [-0.4, -0.2) is 36.0 Å². The highest BCUT2D eigenvalue weighted by molar-refractivity contribution is 6.30. The molecule has 1 aromatic heterocycles. The molecule has 2 N–H and O–H groups in total. The summed E-state index contributed by atoms with van der Waals surface area (Å²) in [5.74, 6) is 0.614. The van der Waals surface area contributed by atoms with Crippen LogP contribution in [0.4, 0.5) is 0 Å². The summed E-state index contributed by atoms with van der Waals surface area (Å²) < 4.78 is 11.0. The molecule has 0 aliphatic heterocycles. The monoisotopic (exact) mass is 474 g/mol. The summed E-state index contributed by atoms with van der Waals surface area (Å²) in [5.41, 5.74) is 7.73. The molecular formula is C26H23ClN4O3. The molecule has 34 heavy (non-hydrogen) atoms. The summed E-state index contributed by atoms with van der Waals surface area (Å²) in [6.07, 6.45) is 1.53. The molecule has 0 atom stereocenters. The van der Waals surface area contributed by atoms with Gasteiger partial charge in [-0.2, -0.15) is 5.10 Å². The van der Waals surface area contributed by atoms with E-state index >= 15 is 0 Å². The molecule has 0 radical (unpaired) electrons. The maximum atomic E-state index is 12.3. The smallest absolute Gasteiger partial charge is 0.278 e. The Hall–Kier alpha value is -4.10. The average molecular weight is 475 g/mol. The van der Waals surface area contributed by atoms with Crippen LogP contribution >= 0.6 is 11.6 Å². The van der Waals surface area contributed by atoms with E-state index in [0.717, 1.165) is 33.5 Å². The molecule has 0 unspecified atom stereocenters. The summed E-state index contributed by atoms with van der Waals surface area (Å²) in [7, 11) is 1.59. The number of carbonyl (C=O) groups excluding carboxylic acids is 1. The first-order chi connectivity index (χ1) is 16.5. The van der Waals surface area contributed by atoms with Crippen molar-refractivity contribution < 1.29 is 14.3 Å². The molecule has 1 heterocycles. The third-order valence-electron chi connectivity index (χ3n) is 5.04. The van der Waals surface area contributed by atoms with E-state index in [1.165, 1.54) is 6.21 Å². The van der Waals surface area contributed by atoms with Crippen molar-refractivity contribution >= 4 is 23.7 Å². The SMILES string of the molecule is COc1cccc(/C=N/NC(=O)COc2n[nH]c(-c3ccc(Cl)cc3)c2-c2ccc(C)cc2)c1. The lowest BCUT2D eigenvalue weighted by atomic mass is 10.0. The van der Waals surface area contributed by atoms with Crippen LogP contribution in [0.25, 0.3) is 22.4 Å². The summed E-state index contributed by atoms with van der Waals surface area (Å²) in [5, 5.41) is 12.0. The number of hydrazone groups is 1. The molecular weight excluding hydrogens is 452 g/mol. The number of H-pyrrole nitrogens is 1. The van der Waals surface area contributed by atoms with Crippen molar-refractivity contribution in [2.24, 2.45) is 5.10 Å². The number of hydrogen-bond donors (Lipinski definition) is 2. The largest absolute Gasteiger partial charge is 0.497 e. The number of aromatic amines is 1. The van der Waals surface area contributed by atoms with Gasteiger partial charge in [-0.1, -0.05) is 65.7 Å². The fourth-order valence-corrected chi connectivity index (χ4v) is 3.44. The molecule has 0 saturated heterocycles. The second-order valence-electron chi connectivity index (χ2n) is 7.51. The number of ether oxygens (including phenoxy) is 2. The van der Waals surface area contributed by atoms with Gasteiger partial charge < -0.3 is 9.47 Å². The maximum Gasteiger partial charge on any atom is 0.278 e. The quantitative estimate of drug-likeness (QED) is 0.270. The van der Waals surface area contributed by atoms with Crippen LogP contribution in [0.1, 0.15) is 11.1 Å². The second kappa shape index (κ2) is 10.7. The number of halogens is 1. The number of hydrogen-bond acceptors (Lipinski definition) is 5. The molecule has 8 heteroatoms. The number of aromatic nitrogens is 2. The molecule has 0 aliphatic carbocycles. The van der Waals surface area contributed by atoms with Gasteiger partial charge in [0.2, 0.25) is 5.88 Å². The summed E-state index contributed by atoms with van der Waals surface area (Å²) in [6, 6.07) is 22.8. The highest BCUT2D eigenvalue weighted by Gasteiger charge is 2.19. The predicted molar refractivity (Wildman–Crippen MR) is 133 cm³/mol. The van der Waals surface area contributed by atoms with Crippen molar-refractivity contribution in [1.82, 2.24) is 15.6 Å². The van der Waals surface area contributed by atoms with E-state index in [-0.39, 0.29) is 6.61 Å². The van der Waals surface area contributed by atoms with Crippen molar-refractivity contribution in [3.63, 3.8) is 0 Å². The minimum atomic E-state index is -0.412. The lowest BCUT2D eigenvalue weighted by Gasteiger charge is -2.08. The van der Waals surface area contributed by atoms with Crippen molar-refractivity contribution in [2.75, 3.05) is 13.7 Å². The number of aryl methyl sites for hydroxylation is 1. The van der Waals surface area contributed by atoms with E-state index in [1.807, 2.05) is 79.7 Å². The average Bonchev–Trinajstić information content (AvgIpc) is 3.28. The van der Waals surface area contributed by atoms with Gasteiger partial charge in [-0.15, -0.1) is 5.10 Å². The molecule has 1 amide bonds. The van der Waals surface area contributed by atoms with Crippen LogP contribution in [-0.2, 0) is 4.79 Å². The lowest BCUT2D eigenvalue weighted by molar-refractivity contribution is -0.123. The van der Waals surface area contributed by atoms with Gasteiger partial charge in [0.05, 0.1) is 24.6 Å². The van der Waals surface area contributed by atoms with Gasteiger partial charge in [0.1, 0.15) is 5.75 Å². The van der Waals surface area contributed by atoms with Crippen LogP contribution in [0, 0.1) is 6.92 Å². The van der Waals surface area contributed by atoms with E-state index < -0.39 is 5.91 Å². The number of carbonyl (C=O) groups is 1. The summed E-state index contributed by atoms with van der Waals surface area (Å²) in [6.45, 7) is 1.77. The Morgan fingerprint density at radius 2 is 1.82 bits per heavy atom. The number of nitrogens with one attached hydrogen (secondary N) is 2. The van der Waals surface area contributed by atoms with Crippen molar-refractivity contribution in [1.29, 1.82) is 0 Å². The minimum absolute atomic E-state index is 0.251. The van der Waals surface area contributed by atoms with Crippen molar-refractivity contribution in [2.45, 2.75) is 6.92 Å². The lowest BCUT2D eigenvalue weighted by Crippen LogP contribution is -2.24. The Morgan fingerprint density at radius 1 is 1.09 bits per heavy atom. The molecule has 3 aromatic carbocycles. The van der Waals surface area contributed by atoms with Gasteiger partial charge in [0.25, 0.3) is 5.91 Å². The Bertz CT molecular complexity index is 1300. The molecule has 4 rings (SSSR count). The molecule has 172 valence electrons. The number of amides is 1. The van der Waals surface area contributed by atoms with E-state index in [4.69, 9.17) is 21.1 Å². The Balaban J connectivity index is 1.50. The third-order valence-corrected chi connectivity index (χ3v) is 5.29. The maximum absolute atomic E-state index is 12.3. The normalized spacial score (nSPS) is 10.9. The number of rotatable bonds is 8. The Kier molecular flexibility index (Phi) is 7.25. The van der Waals surface area contributed by atoms with Crippen LogP contribution in [0.3, 0.4) is 0 Å². The van der Waals surface area contributed by atoms with Gasteiger partial charge in [0.15, 0.2) is 6.61 Å². The summed E-state index contributed by atoms with van der Waals surface area (Å²) >= 11 is 6.05. The van der Waals surface area contributed by atoms with E-state index in [2.05, 4.69) is 20.7 Å². The van der Waals surface area contributed by atoms with E-state index in [0.29, 0.717) is 16.7 Å². The van der Waals surface area contributed by atoms with Gasteiger partial charge in [-0.3, -0.25) is 9.89 Å². The molecule has 0 aliphatic rings.